The molecule has 0 saturated carbocycles. The second-order valence-electron chi connectivity index (χ2n) is 8.81. The van der Waals surface area contributed by atoms with Gasteiger partial charge in [0, 0.05) is 16.6 Å². The number of hydrogen-bond donors (Lipinski definition) is 2. The van der Waals surface area contributed by atoms with Gasteiger partial charge in [-0.1, -0.05) is 78.9 Å². The largest absolute Gasteiger partial charge is 0.497 e. The highest BCUT2D eigenvalue weighted by atomic mass is 32.2. The van der Waals surface area contributed by atoms with Crippen LogP contribution in [0.5, 0.6) is 5.75 Å². The first-order chi connectivity index (χ1) is 18.9. The fourth-order valence-electron chi connectivity index (χ4n) is 4.20. The van der Waals surface area contributed by atoms with E-state index in [9.17, 15) is 13.2 Å². The molecule has 0 aliphatic rings. The second-order valence-corrected chi connectivity index (χ2v) is 10.5. The van der Waals surface area contributed by atoms with E-state index < -0.39 is 10.0 Å². The summed E-state index contributed by atoms with van der Waals surface area (Å²) in [5, 5.41) is 4.64. The van der Waals surface area contributed by atoms with Crippen molar-refractivity contribution >= 4 is 49.7 Å². The van der Waals surface area contributed by atoms with Gasteiger partial charge in [-0.15, -0.1) is 0 Å². The third-order valence-corrected chi connectivity index (χ3v) is 7.59. The maximum Gasteiger partial charge on any atom is 0.261 e. The molecule has 0 unspecified atom stereocenters. The van der Waals surface area contributed by atoms with Crippen molar-refractivity contribution in [2.75, 3.05) is 17.1 Å². The van der Waals surface area contributed by atoms with E-state index in [2.05, 4.69) is 10.0 Å². The molecule has 2 N–H and O–H groups in total. The van der Waals surface area contributed by atoms with Crippen LogP contribution in [0.15, 0.2) is 126 Å². The van der Waals surface area contributed by atoms with Crippen molar-refractivity contribution in [3.63, 3.8) is 0 Å². The lowest BCUT2D eigenvalue weighted by Gasteiger charge is -2.12. The van der Waals surface area contributed by atoms with Gasteiger partial charge in [0.15, 0.2) is 0 Å². The molecular weight excluding hydrogens is 508 g/mol. The van der Waals surface area contributed by atoms with Crippen LogP contribution in [0.4, 0.5) is 11.4 Å². The third-order valence-electron chi connectivity index (χ3n) is 6.21. The zero-order valence-electron chi connectivity index (χ0n) is 21.2. The van der Waals surface area contributed by atoms with E-state index in [1.807, 2.05) is 91.0 Å². The number of fused-ring (bicyclic) bond motifs is 1. The summed E-state index contributed by atoms with van der Waals surface area (Å²) in [6.45, 7) is 0. The first-order valence-electron chi connectivity index (χ1n) is 12.3. The van der Waals surface area contributed by atoms with Gasteiger partial charge in [-0.05, 0) is 65.1 Å². The van der Waals surface area contributed by atoms with Crippen LogP contribution in [-0.4, -0.2) is 21.4 Å². The molecule has 5 rings (SSSR count). The van der Waals surface area contributed by atoms with Gasteiger partial charge in [-0.2, -0.15) is 0 Å². The van der Waals surface area contributed by atoms with Crippen molar-refractivity contribution in [1.29, 1.82) is 0 Å². The van der Waals surface area contributed by atoms with Crippen LogP contribution in [0.1, 0.15) is 11.1 Å². The number of benzene rings is 5. The summed E-state index contributed by atoms with van der Waals surface area (Å²) in [5.74, 6) is 0.407. The van der Waals surface area contributed by atoms with Crippen LogP contribution in [0.2, 0.25) is 0 Å². The van der Waals surface area contributed by atoms with E-state index in [1.54, 1.807) is 31.4 Å². The Morgan fingerprint density at radius 3 is 2.13 bits per heavy atom. The first kappa shape index (κ1) is 25.8. The van der Waals surface area contributed by atoms with Gasteiger partial charge >= 0.3 is 0 Å². The lowest BCUT2D eigenvalue weighted by atomic mass is 10.0. The minimum atomic E-state index is -3.84. The lowest BCUT2D eigenvalue weighted by Crippen LogP contribution is -2.15. The van der Waals surface area contributed by atoms with Crippen LogP contribution < -0.4 is 14.8 Å². The molecule has 0 aliphatic heterocycles. The highest BCUT2D eigenvalue weighted by Crippen LogP contribution is 2.27. The van der Waals surface area contributed by atoms with Gasteiger partial charge in [-0.3, -0.25) is 9.52 Å². The van der Waals surface area contributed by atoms with E-state index in [-0.39, 0.29) is 10.8 Å². The van der Waals surface area contributed by atoms with Gasteiger partial charge in [0.25, 0.3) is 15.9 Å². The van der Waals surface area contributed by atoms with E-state index in [4.69, 9.17) is 4.74 Å². The standard InChI is InChI=1S/C32H26N2O4S/c1-38-27-18-14-23(15-19-27)22-30(25-8-3-2-4-9-25)32(35)33-26-16-20-28(21-17-26)39(36,37)34-31-13-7-11-24-10-5-6-12-29(24)31/h2-22,34H,1H3,(H,33,35)/b30-22-. The maximum atomic E-state index is 13.4. The summed E-state index contributed by atoms with van der Waals surface area (Å²) in [4.78, 5) is 13.4. The Morgan fingerprint density at radius 2 is 1.41 bits per heavy atom. The number of hydrogen-bond acceptors (Lipinski definition) is 4. The number of carbonyl (C=O) groups excluding carboxylic acids is 1. The Kier molecular flexibility index (Phi) is 7.43. The fourth-order valence-corrected chi connectivity index (χ4v) is 5.28. The van der Waals surface area contributed by atoms with Crippen LogP contribution in [-0.2, 0) is 14.8 Å². The van der Waals surface area contributed by atoms with Gasteiger partial charge in [0.1, 0.15) is 5.75 Å². The highest BCUT2D eigenvalue weighted by molar-refractivity contribution is 7.92. The summed E-state index contributed by atoms with van der Waals surface area (Å²) >= 11 is 0. The number of carbonyl (C=O) groups is 1. The number of amides is 1. The van der Waals surface area contributed by atoms with E-state index in [0.717, 1.165) is 27.6 Å². The fraction of sp³-hybridized carbons (Fsp3) is 0.0312. The molecule has 0 aliphatic carbocycles. The number of methoxy groups -OCH3 is 1. The zero-order valence-corrected chi connectivity index (χ0v) is 22.0. The van der Waals surface area contributed by atoms with Gasteiger partial charge in [0.2, 0.25) is 0 Å². The van der Waals surface area contributed by atoms with Crippen molar-refractivity contribution in [2.24, 2.45) is 0 Å². The van der Waals surface area contributed by atoms with Crippen LogP contribution in [0.3, 0.4) is 0 Å². The summed E-state index contributed by atoms with van der Waals surface area (Å²) < 4.78 is 34.1. The Balaban J connectivity index is 1.37. The quantitative estimate of drug-likeness (QED) is 0.169. The van der Waals surface area contributed by atoms with Gasteiger partial charge in [0.05, 0.1) is 17.7 Å². The van der Waals surface area contributed by atoms with Crippen LogP contribution in [0, 0.1) is 0 Å². The van der Waals surface area contributed by atoms with Crippen LogP contribution in [0.25, 0.3) is 22.4 Å². The van der Waals surface area contributed by atoms with Crippen molar-refractivity contribution in [1.82, 2.24) is 0 Å². The molecule has 0 fully saturated rings. The molecule has 0 spiro atoms. The molecule has 0 radical (unpaired) electrons. The van der Waals surface area contributed by atoms with Crippen LogP contribution >= 0.6 is 0 Å². The van der Waals surface area contributed by atoms with Crippen molar-refractivity contribution in [3.8, 4) is 5.75 Å². The summed E-state index contributed by atoms with van der Waals surface area (Å²) in [7, 11) is -2.24. The number of anilines is 2. The maximum absolute atomic E-state index is 13.4. The van der Waals surface area contributed by atoms with Gasteiger partial charge in [-0.25, -0.2) is 8.42 Å². The molecule has 0 aromatic heterocycles. The number of rotatable bonds is 8. The number of nitrogens with one attached hydrogen (secondary N) is 2. The molecule has 7 heteroatoms. The summed E-state index contributed by atoms with van der Waals surface area (Å²) in [6, 6.07) is 35.9. The smallest absolute Gasteiger partial charge is 0.261 e. The Bertz CT molecular complexity index is 1740. The monoisotopic (exact) mass is 534 g/mol. The molecule has 194 valence electrons. The zero-order chi connectivity index (χ0) is 27.2. The van der Waals surface area contributed by atoms with Crippen molar-refractivity contribution in [3.05, 3.63) is 132 Å². The topological polar surface area (TPSA) is 84.5 Å². The summed E-state index contributed by atoms with van der Waals surface area (Å²) in [6.07, 6.45) is 1.80. The molecule has 5 aromatic carbocycles. The second kappa shape index (κ2) is 11.2. The molecule has 6 nitrogen and oxygen atoms in total. The lowest BCUT2D eigenvalue weighted by molar-refractivity contribution is -0.111. The molecule has 39 heavy (non-hydrogen) atoms. The van der Waals surface area contributed by atoms with Crippen molar-refractivity contribution < 1.29 is 17.9 Å². The summed E-state index contributed by atoms with van der Waals surface area (Å²) in [5.41, 5.74) is 3.03. The molecule has 0 atom stereocenters. The Hall–Kier alpha value is -4.88. The van der Waals surface area contributed by atoms with Gasteiger partial charge < -0.3 is 10.1 Å². The predicted molar refractivity (Wildman–Crippen MR) is 157 cm³/mol. The average molecular weight is 535 g/mol. The normalized spacial score (nSPS) is 11.7. The molecule has 5 aromatic rings. The predicted octanol–water partition coefficient (Wildman–Crippen LogP) is 6.83. The minimum absolute atomic E-state index is 0.0884. The molecule has 0 saturated heterocycles. The van der Waals surface area contributed by atoms with E-state index >= 15 is 0 Å². The minimum Gasteiger partial charge on any atom is -0.497 e. The SMILES string of the molecule is COc1ccc(/C=C(\C(=O)Nc2ccc(S(=O)(=O)Nc3cccc4ccccc34)cc2)c2ccccc2)cc1. The molecular formula is C32H26N2O4S. The highest BCUT2D eigenvalue weighted by Gasteiger charge is 2.17. The Morgan fingerprint density at radius 1 is 0.744 bits per heavy atom. The number of ether oxygens (including phenoxy) is 1. The average Bonchev–Trinajstić information content (AvgIpc) is 2.97. The molecule has 0 heterocycles. The van der Waals surface area contributed by atoms with E-state index in [1.165, 1.54) is 12.1 Å². The number of sulfonamides is 1. The molecule has 0 bridgehead atoms. The molecule has 1 amide bonds. The van der Waals surface area contributed by atoms with Crippen molar-refractivity contribution in [2.45, 2.75) is 4.90 Å². The third kappa shape index (κ3) is 6.00. The van der Waals surface area contributed by atoms with E-state index in [0.29, 0.717) is 16.9 Å². The Labute approximate surface area is 227 Å². The first-order valence-corrected chi connectivity index (χ1v) is 13.7.